The number of hydrogen-bond acceptors (Lipinski definition) is 4. The SMILES string of the molecule is COCCOCCC(=O)O.N. The van der Waals surface area contributed by atoms with Crippen LogP contribution in [-0.2, 0) is 14.3 Å². The third-order valence-corrected chi connectivity index (χ3v) is 0.892. The molecule has 5 heteroatoms. The molecular weight excluding hydrogens is 150 g/mol. The van der Waals surface area contributed by atoms with Gasteiger partial charge in [-0.15, -0.1) is 0 Å². The van der Waals surface area contributed by atoms with E-state index in [-0.39, 0.29) is 19.2 Å². The van der Waals surface area contributed by atoms with E-state index in [1.54, 1.807) is 7.11 Å². The summed E-state index contributed by atoms with van der Waals surface area (Å²) >= 11 is 0. The van der Waals surface area contributed by atoms with Gasteiger partial charge in [0, 0.05) is 7.11 Å². The standard InChI is InChI=1S/C6H12O4.H3N/c1-9-4-5-10-3-2-6(7)8;/h2-5H2,1H3,(H,7,8);1H3. The Morgan fingerprint density at radius 3 is 2.45 bits per heavy atom. The second-order valence-corrected chi connectivity index (χ2v) is 1.75. The summed E-state index contributed by atoms with van der Waals surface area (Å²) in [6, 6.07) is 0. The third kappa shape index (κ3) is 12.5. The van der Waals surface area contributed by atoms with Gasteiger partial charge in [0.05, 0.1) is 26.2 Å². The zero-order valence-electron chi connectivity index (χ0n) is 6.71. The van der Waals surface area contributed by atoms with Gasteiger partial charge in [0.25, 0.3) is 0 Å². The number of methoxy groups -OCH3 is 1. The fraction of sp³-hybridized carbons (Fsp3) is 0.833. The summed E-state index contributed by atoms with van der Waals surface area (Å²) < 4.78 is 9.56. The Labute approximate surface area is 65.9 Å². The van der Waals surface area contributed by atoms with E-state index >= 15 is 0 Å². The molecule has 5 nitrogen and oxygen atoms in total. The highest BCUT2D eigenvalue weighted by Gasteiger charge is 1.94. The first-order valence-corrected chi connectivity index (χ1v) is 3.06. The van der Waals surface area contributed by atoms with Gasteiger partial charge in [-0.25, -0.2) is 0 Å². The molecule has 0 atom stereocenters. The summed E-state index contributed by atoms with van der Waals surface area (Å²) in [6.07, 6.45) is 0.0592. The molecule has 0 aromatic heterocycles. The maximum Gasteiger partial charge on any atom is 0.305 e. The van der Waals surface area contributed by atoms with E-state index in [1.807, 2.05) is 0 Å². The van der Waals surface area contributed by atoms with E-state index in [4.69, 9.17) is 9.84 Å². The largest absolute Gasteiger partial charge is 0.481 e. The molecule has 11 heavy (non-hydrogen) atoms. The Bertz CT molecular complexity index is 96.6. The van der Waals surface area contributed by atoms with Crippen LogP contribution in [0.4, 0.5) is 0 Å². The van der Waals surface area contributed by atoms with Crippen LogP contribution < -0.4 is 6.15 Å². The lowest BCUT2D eigenvalue weighted by Crippen LogP contribution is -2.06. The molecule has 0 aliphatic rings. The van der Waals surface area contributed by atoms with Crippen LogP contribution in [0.1, 0.15) is 6.42 Å². The number of carboxylic acid groups (broad SMARTS) is 1. The van der Waals surface area contributed by atoms with Crippen molar-refractivity contribution in [3.8, 4) is 0 Å². The monoisotopic (exact) mass is 165 g/mol. The summed E-state index contributed by atoms with van der Waals surface area (Å²) in [5.41, 5.74) is 0. The maximum absolute atomic E-state index is 9.92. The Hall–Kier alpha value is -0.650. The zero-order valence-corrected chi connectivity index (χ0v) is 6.71. The van der Waals surface area contributed by atoms with Crippen molar-refractivity contribution in [3.05, 3.63) is 0 Å². The van der Waals surface area contributed by atoms with Gasteiger partial charge in [-0.1, -0.05) is 0 Å². The van der Waals surface area contributed by atoms with Crippen molar-refractivity contribution in [1.29, 1.82) is 0 Å². The topological polar surface area (TPSA) is 90.8 Å². The quantitative estimate of drug-likeness (QED) is 0.552. The molecule has 0 spiro atoms. The summed E-state index contributed by atoms with van der Waals surface area (Å²) in [5, 5.41) is 8.16. The van der Waals surface area contributed by atoms with Gasteiger partial charge in [0.2, 0.25) is 0 Å². The highest BCUT2D eigenvalue weighted by Crippen LogP contribution is 1.81. The number of hydrogen-bond donors (Lipinski definition) is 2. The van der Waals surface area contributed by atoms with E-state index in [1.165, 1.54) is 0 Å². The third-order valence-electron chi connectivity index (χ3n) is 0.892. The average Bonchev–Trinajstić information content (AvgIpc) is 1.87. The molecule has 0 aromatic carbocycles. The van der Waals surface area contributed by atoms with Gasteiger partial charge >= 0.3 is 5.97 Å². The lowest BCUT2D eigenvalue weighted by molar-refractivity contribution is -0.138. The number of ether oxygens (including phenoxy) is 2. The summed E-state index contributed by atoms with van der Waals surface area (Å²) in [7, 11) is 1.57. The zero-order chi connectivity index (χ0) is 7.82. The van der Waals surface area contributed by atoms with E-state index in [0.717, 1.165) is 0 Å². The number of carbonyl (C=O) groups is 1. The van der Waals surface area contributed by atoms with Crippen molar-refractivity contribution < 1.29 is 19.4 Å². The normalized spacial score (nSPS) is 8.82. The molecule has 0 aliphatic carbocycles. The van der Waals surface area contributed by atoms with Gasteiger partial charge in [0.1, 0.15) is 0 Å². The first kappa shape index (κ1) is 13.0. The molecule has 0 unspecified atom stereocenters. The smallest absolute Gasteiger partial charge is 0.305 e. The molecule has 0 rings (SSSR count). The van der Waals surface area contributed by atoms with Gasteiger partial charge < -0.3 is 20.7 Å². The van der Waals surface area contributed by atoms with Crippen molar-refractivity contribution in [1.82, 2.24) is 6.15 Å². The number of carboxylic acids is 1. The minimum absolute atomic E-state index is 0. The van der Waals surface area contributed by atoms with Crippen LogP contribution in [0.15, 0.2) is 0 Å². The molecule has 68 valence electrons. The Balaban J connectivity index is 0. The Morgan fingerprint density at radius 1 is 1.36 bits per heavy atom. The van der Waals surface area contributed by atoms with Crippen LogP contribution in [0.25, 0.3) is 0 Å². The lowest BCUT2D eigenvalue weighted by atomic mass is 10.5. The van der Waals surface area contributed by atoms with Crippen molar-refractivity contribution >= 4 is 5.97 Å². The van der Waals surface area contributed by atoms with Gasteiger partial charge in [-0.2, -0.15) is 0 Å². The first-order valence-electron chi connectivity index (χ1n) is 3.06. The maximum atomic E-state index is 9.92. The first-order chi connectivity index (χ1) is 4.77. The van der Waals surface area contributed by atoms with Gasteiger partial charge in [-0.05, 0) is 0 Å². The molecule has 4 N–H and O–H groups in total. The van der Waals surface area contributed by atoms with Crippen LogP contribution >= 0.6 is 0 Å². The predicted molar refractivity (Wildman–Crippen MR) is 40.0 cm³/mol. The average molecular weight is 165 g/mol. The molecular formula is C6H15NO4. The molecule has 0 amide bonds. The Morgan fingerprint density at radius 2 is 2.00 bits per heavy atom. The lowest BCUT2D eigenvalue weighted by Gasteiger charge is -1.99. The summed E-state index contributed by atoms with van der Waals surface area (Å²) in [5.74, 6) is -0.836. The predicted octanol–water partition coefficient (Wildman–Crippen LogP) is 0.286. The second-order valence-electron chi connectivity index (χ2n) is 1.75. The van der Waals surface area contributed by atoms with Gasteiger partial charge in [0.15, 0.2) is 0 Å². The molecule has 0 saturated heterocycles. The van der Waals surface area contributed by atoms with Crippen molar-refractivity contribution in [2.75, 3.05) is 26.9 Å². The van der Waals surface area contributed by atoms with E-state index in [2.05, 4.69) is 4.74 Å². The highest BCUT2D eigenvalue weighted by molar-refractivity contribution is 5.66. The fourth-order valence-corrected chi connectivity index (χ4v) is 0.404. The van der Waals surface area contributed by atoms with E-state index in [0.29, 0.717) is 13.2 Å². The van der Waals surface area contributed by atoms with Crippen LogP contribution in [0.3, 0.4) is 0 Å². The number of rotatable bonds is 6. The highest BCUT2D eigenvalue weighted by atomic mass is 16.5. The van der Waals surface area contributed by atoms with E-state index < -0.39 is 5.97 Å². The molecule has 0 heterocycles. The molecule has 0 bridgehead atoms. The Kier molecular flexibility index (Phi) is 11.0. The number of aliphatic carboxylic acids is 1. The minimum Gasteiger partial charge on any atom is -0.481 e. The van der Waals surface area contributed by atoms with Crippen LogP contribution in [-0.4, -0.2) is 38.0 Å². The fourth-order valence-electron chi connectivity index (χ4n) is 0.404. The van der Waals surface area contributed by atoms with Crippen LogP contribution in [0.5, 0.6) is 0 Å². The molecule has 0 aliphatic heterocycles. The molecule has 0 radical (unpaired) electrons. The summed E-state index contributed by atoms with van der Waals surface area (Å²) in [4.78, 5) is 9.92. The van der Waals surface area contributed by atoms with E-state index in [9.17, 15) is 4.79 Å². The second kappa shape index (κ2) is 9.35. The van der Waals surface area contributed by atoms with Gasteiger partial charge in [-0.3, -0.25) is 4.79 Å². The van der Waals surface area contributed by atoms with Crippen molar-refractivity contribution in [2.24, 2.45) is 0 Å². The van der Waals surface area contributed by atoms with Crippen LogP contribution in [0.2, 0.25) is 0 Å². The molecule has 0 saturated carbocycles. The molecule has 0 fully saturated rings. The van der Waals surface area contributed by atoms with Crippen molar-refractivity contribution in [3.63, 3.8) is 0 Å². The minimum atomic E-state index is -0.836. The van der Waals surface area contributed by atoms with Crippen molar-refractivity contribution in [2.45, 2.75) is 6.42 Å². The summed E-state index contributed by atoms with van der Waals surface area (Å²) in [6.45, 7) is 1.24. The molecule has 0 aromatic rings. The van der Waals surface area contributed by atoms with Crippen LogP contribution in [0, 0.1) is 0 Å².